The molecule has 6 rings (SSSR count). The quantitative estimate of drug-likeness (QED) is 0.288. The average Bonchev–Trinajstić information content (AvgIpc) is 3.67. The zero-order chi connectivity index (χ0) is 25.1. The summed E-state index contributed by atoms with van der Waals surface area (Å²) >= 11 is 2.77. The Balaban J connectivity index is 1.22. The fourth-order valence-corrected chi connectivity index (χ4v) is 5.88. The van der Waals surface area contributed by atoms with Gasteiger partial charge in [0.2, 0.25) is 11.0 Å². The molecule has 5 heterocycles. The minimum absolute atomic E-state index is 0.260. The standard InChI is InChI=1S/C25H27N7O3S2/c1-2-32-21(9-13-28-32)34-18-14-17(36-20-8-4-7-12-26-20)15-27-22(18)29-24-30-23(31-37-24)19-16-33-25(35-19)10-5-3-6-11-25/h4,7-9,12-15,19H,2-3,5-6,10-11,16H2,1H3,(H,27,29,30,31)/t19-/m1/s1. The lowest BCUT2D eigenvalue weighted by atomic mass is 9.94. The lowest BCUT2D eigenvalue weighted by molar-refractivity contribution is -0.188. The molecule has 1 aliphatic heterocycles. The van der Waals surface area contributed by atoms with Gasteiger partial charge in [-0.2, -0.15) is 9.47 Å². The first kappa shape index (κ1) is 24.3. The van der Waals surface area contributed by atoms with E-state index < -0.39 is 5.79 Å². The van der Waals surface area contributed by atoms with E-state index in [1.54, 1.807) is 23.3 Å². The number of hydrogen-bond acceptors (Lipinski definition) is 11. The first-order valence-corrected chi connectivity index (χ1v) is 14.0. The van der Waals surface area contributed by atoms with Gasteiger partial charge in [0, 0.05) is 60.3 Å². The summed E-state index contributed by atoms with van der Waals surface area (Å²) in [6.45, 7) is 3.18. The number of hydrogen-bond donors (Lipinski definition) is 1. The number of rotatable bonds is 8. The molecule has 1 aliphatic carbocycles. The highest BCUT2D eigenvalue weighted by Gasteiger charge is 2.44. The summed E-state index contributed by atoms with van der Waals surface area (Å²) in [4.78, 5) is 14.6. The van der Waals surface area contributed by atoms with Crippen molar-refractivity contribution in [2.45, 2.75) is 67.4 Å². The van der Waals surface area contributed by atoms with Crippen molar-refractivity contribution in [2.24, 2.45) is 0 Å². The number of anilines is 2. The Hall–Kier alpha value is -3.06. The summed E-state index contributed by atoms with van der Waals surface area (Å²) in [5.41, 5.74) is 0. The topological polar surface area (TPSA) is 109 Å². The molecule has 2 aliphatic rings. The highest BCUT2D eigenvalue weighted by atomic mass is 32.2. The maximum absolute atomic E-state index is 6.30. The predicted octanol–water partition coefficient (Wildman–Crippen LogP) is 5.98. The molecule has 4 aromatic heterocycles. The second-order valence-corrected chi connectivity index (χ2v) is 10.7. The molecule has 1 spiro atoms. The number of pyridine rings is 2. The summed E-state index contributed by atoms with van der Waals surface area (Å²) in [7, 11) is 0. The summed E-state index contributed by atoms with van der Waals surface area (Å²) in [6.07, 6.45) is 10.4. The molecule has 0 aromatic carbocycles. The first-order valence-electron chi connectivity index (χ1n) is 12.4. The lowest BCUT2D eigenvalue weighted by Gasteiger charge is -2.31. The van der Waals surface area contributed by atoms with Crippen LogP contribution in [0.1, 0.15) is 51.0 Å². The zero-order valence-corrected chi connectivity index (χ0v) is 22.0. The molecule has 12 heteroatoms. The van der Waals surface area contributed by atoms with Gasteiger partial charge in [-0.3, -0.25) is 0 Å². The molecule has 192 valence electrons. The monoisotopic (exact) mass is 537 g/mol. The molecule has 1 atom stereocenters. The fraction of sp³-hybridized carbons (Fsp3) is 0.400. The van der Waals surface area contributed by atoms with Crippen molar-refractivity contribution in [2.75, 3.05) is 11.9 Å². The number of aromatic nitrogens is 6. The van der Waals surface area contributed by atoms with Crippen LogP contribution in [-0.2, 0) is 16.0 Å². The maximum atomic E-state index is 6.30. The van der Waals surface area contributed by atoms with Gasteiger partial charge >= 0.3 is 0 Å². The molecule has 10 nitrogen and oxygen atoms in total. The van der Waals surface area contributed by atoms with Gasteiger partial charge < -0.3 is 19.5 Å². The Kier molecular flexibility index (Phi) is 7.05. The third-order valence-electron chi connectivity index (χ3n) is 6.30. The number of ether oxygens (including phenoxy) is 3. The highest BCUT2D eigenvalue weighted by Crippen LogP contribution is 2.42. The van der Waals surface area contributed by atoms with Crippen LogP contribution in [0.4, 0.5) is 10.9 Å². The van der Waals surface area contributed by atoms with E-state index in [9.17, 15) is 0 Å². The summed E-state index contributed by atoms with van der Waals surface area (Å²) in [5.74, 6) is 1.87. The smallest absolute Gasteiger partial charge is 0.217 e. The summed E-state index contributed by atoms with van der Waals surface area (Å²) < 4.78 is 25.0. The van der Waals surface area contributed by atoms with Crippen molar-refractivity contribution in [1.29, 1.82) is 0 Å². The van der Waals surface area contributed by atoms with E-state index in [4.69, 9.17) is 19.2 Å². The average molecular weight is 538 g/mol. The molecule has 0 amide bonds. The van der Waals surface area contributed by atoms with E-state index in [1.165, 1.54) is 29.7 Å². The number of nitrogens with zero attached hydrogens (tertiary/aromatic N) is 6. The molecule has 0 bridgehead atoms. The van der Waals surface area contributed by atoms with Gasteiger partial charge in [-0.05, 0) is 31.9 Å². The van der Waals surface area contributed by atoms with Crippen molar-refractivity contribution < 1.29 is 14.2 Å². The Bertz CT molecular complexity index is 1340. The van der Waals surface area contributed by atoms with E-state index >= 15 is 0 Å². The molecular formula is C25H27N7O3S2. The molecular weight excluding hydrogens is 510 g/mol. The minimum atomic E-state index is -0.465. The van der Waals surface area contributed by atoms with Gasteiger partial charge in [0.25, 0.3) is 0 Å². The Labute approximate surface area is 223 Å². The Morgan fingerprint density at radius 1 is 1.19 bits per heavy atom. The SMILES string of the molecule is CCn1nccc1Oc1cc(Sc2ccccn2)cnc1Nc1nc([C@H]2COC3(CCCCC3)O2)ns1. The zero-order valence-electron chi connectivity index (χ0n) is 20.4. The maximum Gasteiger partial charge on any atom is 0.217 e. The van der Waals surface area contributed by atoms with Crippen LogP contribution in [0.25, 0.3) is 0 Å². The Morgan fingerprint density at radius 2 is 2.11 bits per heavy atom. The van der Waals surface area contributed by atoms with Crippen molar-refractivity contribution in [3.8, 4) is 11.6 Å². The van der Waals surface area contributed by atoms with E-state index in [-0.39, 0.29) is 6.10 Å². The molecule has 0 radical (unpaired) electrons. The van der Waals surface area contributed by atoms with Gasteiger partial charge in [-0.25, -0.2) is 19.6 Å². The van der Waals surface area contributed by atoms with E-state index in [1.807, 2.05) is 37.3 Å². The van der Waals surface area contributed by atoms with Gasteiger partial charge in [0.05, 0.1) is 12.8 Å². The highest BCUT2D eigenvalue weighted by molar-refractivity contribution is 7.99. The van der Waals surface area contributed by atoms with Crippen LogP contribution in [0, 0.1) is 0 Å². The van der Waals surface area contributed by atoms with Crippen LogP contribution in [0.3, 0.4) is 0 Å². The third kappa shape index (κ3) is 5.47. The molecule has 4 aromatic rings. The third-order valence-corrected chi connectivity index (χ3v) is 7.86. The second-order valence-electron chi connectivity index (χ2n) is 8.85. The molecule has 37 heavy (non-hydrogen) atoms. The van der Waals surface area contributed by atoms with Crippen molar-refractivity contribution in [3.05, 3.63) is 54.7 Å². The summed E-state index contributed by atoms with van der Waals surface area (Å²) in [6, 6.07) is 9.57. The largest absolute Gasteiger partial charge is 0.435 e. The van der Waals surface area contributed by atoms with Gasteiger partial charge in [-0.15, -0.1) is 0 Å². The number of aryl methyl sites for hydroxylation is 1. The van der Waals surface area contributed by atoms with Gasteiger partial charge in [-0.1, -0.05) is 24.2 Å². The van der Waals surface area contributed by atoms with E-state index in [0.717, 1.165) is 35.6 Å². The predicted molar refractivity (Wildman–Crippen MR) is 139 cm³/mol. The van der Waals surface area contributed by atoms with Crippen molar-refractivity contribution in [3.63, 3.8) is 0 Å². The molecule has 0 unspecified atom stereocenters. The summed E-state index contributed by atoms with van der Waals surface area (Å²) in [5, 5.41) is 9.07. The van der Waals surface area contributed by atoms with Crippen LogP contribution >= 0.6 is 23.3 Å². The lowest BCUT2D eigenvalue weighted by Crippen LogP contribution is -2.32. The van der Waals surface area contributed by atoms with Crippen molar-refractivity contribution in [1.82, 2.24) is 29.1 Å². The fourth-order valence-electron chi connectivity index (χ4n) is 4.49. The second kappa shape index (κ2) is 10.7. The van der Waals surface area contributed by atoms with Crippen LogP contribution in [-0.4, -0.2) is 41.5 Å². The van der Waals surface area contributed by atoms with Gasteiger partial charge in [0.15, 0.2) is 23.2 Å². The normalized spacial score (nSPS) is 18.8. The molecule has 2 fully saturated rings. The molecule has 1 N–H and O–H groups in total. The van der Waals surface area contributed by atoms with Crippen LogP contribution < -0.4 is 10.1 Å². The van der Waals surface area contributed by atoms with Crippen molar-refractivity contribution >= 4 is 34.2 Å². The van der Waals surface area contributed by atoms with Crippen LogP contribution in [0.2, 0.25) is 0 Å². The van der Waals surface area contributed by atoms with Crippen LogP contribution in [0.5, 0.6) is 11.6 Å². The minimum Gasteiger partial charge on any atom is -0.435 e. The first-order chi connectivity index (χ1) is 18.2. The number of nitrogens with one attached hydrogen (secondary N) is 1. The van der Waals surface area contributed by atoms with E-state index in [0.29, 0.717) is 41.6 Å². The molecule has 1 saturated carbocycles. The van der Waals surface area contributed by atoms with Gasteiger partial charge in [0.1, 0.15) is 11.1 Å². The van der Waals surface area contributed by atoms with Crippen LogP contribution in [0.15, 0.2) is 58.8 Å². The van der Waals surface area contributed by atoms with E-state index in [2.05, 4.69) is 24.8 Å². The Morgan fingerprint density at radius 3 is 2.95 bits per heavy atom. The molecule has 1 saturated heterocycles.